The van der Waals surface area contributed by atoms with Gasteiger partial charge in [-0.05, 0) is 25.5 Å². The van der Waals surface area contributed by atoms with E-state index in [0.717, 1.165) is 4.90 Å². The summed E-state index contributed by atoms with van der Waals surface area (Å²) < 4.78 is 10.1. The zero-order chi connectivity index (χ0) is 19.1. The van der Waals surface area contributed by atoms with E-state index in [1.54, 1.807) is 24.3 Å². The van der Waals surface area contributed by atoms with E-state index in [1.807, 2.05) is 0 Å². The van der Waals surface area contributed by atoms with E-state index in [9.17, 15) is 19.2 Å². The lowest BCUT2D eigenvalue weighted by Crippen LogP contribution is -2.33. The van der Waals surface area contributed by atoms with Crippen LogP contribution < -0.4 is 15.4 Å². The van der Waals surface area contributed by atoms with Gasteiger partial charge in [-0.15, -0.1) is 0 Å². The highest BCUT2D eigenvalue weighted by atomic mass is 16.5. The van der Waals surface area contributed by atoms with Crippen LogP contribution in [-0.4, -0.2) is 55.0 Å². The lowest BCUT2D eigenvalue weighted by molar-refractivity contribution is -0.153. The molecule has 1 heterocycles. The summed E-state index contributed by atoms with van der Waals surface area (Å²) in [5, 5.41) is 5.03. The fourth-order valence-electron chi connectivity index (χ4n) is 2.32. The minimum Gasteiger partial charge on any atom is -0.497 e. The molecule has 1 unspecified atom stereocenters. The fourth-order valence-corrected chi connectivity index (χ4v) is 2.32. The summed E-state index contributed by atoms with van der Waals surface area (Å²) in [6.45, 7) is 1.57. The number of methoxy groups -OCH3 is 1. The Labute approximate surface area is 150 Å². The van der Waals surface area contributed by atoms with Crippen molar-refractivity contribution in [1.82, 2.24) is 10.2 Å². The standard InChI is InChI=1S/C17H21N3O6/c1-11(16(23)19-12-5-3-6-13(9-12)25-2)26-15(22)7-4-8-20-14(21)10-18-17(20)24/h3,5-6,9,11H,4,7-8,10H2,1-2H3,(H,18,24)(H,19,23). The van der Waals surface area contributed by atoms with E-state index in [2.05, 4.69) is 10.6 Å². The van der Waals surface area contributed by atoms with Crippen molar-refractivity contribution in [2.45, 2.75) is 25.9 Å². The van der Waals surface area contributed by atoms with Gasteiger partial charge < -0.3 is 20.1 Å². The molecule has 1 aliphatic rings. The van der Waals surface area contributed by atoms with Crippen molar-refractivity contribution in [3.8, 4) is 5.75 Å². The maximum absolute atomic E-state index is 12.1. The van der Waals surface area contributed by atoms with Gasteiger partial charge in [-0.2, -0.15) is 0 Å². The van der Waals surface area contributed by atoms with Gasteiger partial charge in [0, 0.05) is 24.7 Å². The van der Waals surface area contributed by atoms with E-state index in [1.165, 1.54) is 14.0 Å². The van der Waals surface area contributed by atoms with Crippen LogP contribution in [0.15, 0.2) is 24.3 Å². The van der Waals surface area contributed by atoms with Crippen molar-refractivity contribution < 1.29 is 28.7 Å². The molecule has 0 radical (unpaired) electrons. The van der Waals surface area contributed by atoms with Crippen LogP contribution in [0.4, 0.5) is 10.5 Å². The number of esters is 1. The normalized spacial score (nSPS) is 14.6. The summed E-state index contributed by atoms with van der Waals surface area (Å²) >= 11 is 0. The van der Waals surface area contributed by atoms with Crippen molar-refractivity contribution in [3.63, 3.8) is 0 Å². The van der Waals surface area contributed by atoms with Gasteiger partial charge in [0.2, 0.25) is 5.91 Å². The molecule has 9 heteroatoms. The Hall–Kier alpha value is -3.10. The fraction of sp³-hybridized carbons (Fsp3) is 0.412. The second-order valence-electron chi connectivity index (χ2n) is 5.66. The van der Waals surface area contributed by atoms with E-state index in [-0.39, 0.29) is 31.8 Å². The monoisotopic (exact) mass is 363 g/mol. The third kappa shape index (κ3) is 5.20. The quantitative estimate of drug-likeness (QED) is 0.524. The van der Waals surface area contributed by atoms with Gasteiger partial charge in [-0.25, -0.2) is 4.79 Å². The predicted octanol–water partition coefficient (Wildman–Crippen LogP) is 0.897. The van der Waals surface area contributed by atoms with Crippen LogP contribution in [-0.2, 0) is 19.1 Å². The van der Waals surface area contributed by atoms with Crippen molar-refractivity contribution in [3.05, 3.63) is 24.3 Å². The third-order valence-electron chi connectivity index (χ3n) is 3.71. The van der Waals surface area contributed by atoms with Gasteiger partial charge in [0.15, 0.2) is 6.10 Å². The molecule has 4 amide bonds. The van der Waals surface area contributed by atoms with E-state index in [4.69, 9.17) is 9.47 Å². The predicted molar refractivity (Wildman–Crippen MR) is 91.5 cm³/mol. The van der Waals surface area contributed by atoms with Gasteiger partial charge in [-0.1, -0.05) is 6.07 Å². The minimum atomic E-state index is -0.981. The molecule has 1 fully saturated rings. The number of rotatable bonds is 8. The first-order chi connectivity index (χ1) is 12.4. The number of urea groups is 1. The zero-order valence-corrected chi connectivity index (χ0v) is 14.6. The lowest BCUT2D eigenvalue weighted by atomic mass is 10.2. The Morgan fingerprint density at radius 2 is 2.12 bits per heavy atom. The Bertz CT molecular complexity index is 689. The molecule has 1 atom stereocenters. The minimum absolute atomic E-state index is 0.00611. The Morgan fingerprint density at radius 1 is 1.35 bits per heavy atom. The SMILES string of the molecule is COc1cccc(NC(=O)C(C)OC(=O)CCCN2C(=O)CNC2=O)c1. The van der Waals surface area contributed by atoms with Crippen LogP contribution in [0.3, 0.4) is 0 Å². The zero-order valence-electron chi connectivity index (χ0n) is 14.6. The number of amides is 4. The van der Waals surface area contributed by atoms with Crippen molar-refractivity contribution in [1.29, 1.82) is 0 Å². The molecule has 0 aliphatic carbocycles. The van der Waals surface area contributed by atoms with Gasteiger partial charge >= 0.3 is 12.0 Å². The molecule has 1 aliphatic heterocycles. The van der Waals surface area contributed by atoms with E-state index in [0.29, 0.717) is 11.4 Å². The second-order valence-corrected chi connectivity index (χ2v) is 5.66. The van der Waals surface area contributed by atoms with Gasteiger partial charge in [-0.3, -0.25) is 19.3 Å². The number of ether oxygens (including phenoxy) is 2. The second kappa shape index (κ2) is 8.84. The summed E-state index contributed by atoms with van der Waals surface area (Å²) in [7, 11) is 1.52. The first-order valence-corrected chi connectivity index (χ1v) is 8.13. The number of anilines is 1. The lowest BCUT2D eigenvalue weighted by Gasteiger charge is -2.15. The number of hydrogen-bond acceptors (Lipinski definition) is 6. The molecule has 0 saturated carbocycles. The molecule has 2 N–H and O–H groups in total. The average molecular weight is 363 g/mol. The largest absolute Gasteiger partial charge is 0.497 e. The highest BCUT2D eigenvalue weighted by molar-refractivity contribution is 6.02. The van der Waals surface area contributed by atoms with E-state index >= 15 is 0 Å². The molecule has 140 valence electrons. The summed E-state index contributed by atoms with van der Waals surface area (Å²) in [6, 6.07) is 6.33. The molecule has 9 nitrogen and oxygen atoms in total. The molecular weight excluding hydrogens is 342 g/mol. The Morgan fingerprint density at radius 3 is 2.77 bits per heavy atom. The summed E-state index contributed by atoms with van der Waals surface area (Å²) in [5.74, 6) is -0.784. The number of benzene rings is 1. The number of nitrogens with one attached hydrogen (secondary N) is 2. The molecule has 0 spiro atoms. The smallest absolute Gasteiger partial charge is 0.324 e. The van der Waals surface area contributed by atoms with Crippen molar-refractivity contribution in [2.75, 3.05) is 25.5 Å². The van der Waals surface area contributed by atoms with Crippen molar-refractivity contribution >= 4 is 29.5 Å². The number of carbonyl (C=O) groups excluding carboxylic acids is 4. The molecule has 0 bridgehead atoms. The summed E-state index contributed by atoms with van der Waals surface area (Å²) in [5.41, 5.74) is 0.524. The molecular formula is C17H21N3O6. The summed E-state index contributed by atoms with van der Waals surface area (Å²) in [4.78, 5) is 47.7. The highest BCUT2D eigenvalue weighted by Gasteiger charge is 2.28. The first kappa shape index (κ1) is 19.2. The number of carbonyl (C=O) groups is 4. The van der Waals surface area contributed by atoms with Crippen LogP contribution >= 0.6 is 0 Å². The number of hydrogen-bond donors (Lipinski definition) is 2. The van der Waals surface area contributed by atoms with Gasteiger partial charge in [0.25, 0.3) is 5.91 Å². The maximum Gasteiger partial charge on any atom is 0.324 e. The number of imide groups is 1. The molecule has 2 rings (SSSR count). The van der Waals surface area contributed by atoms with Crippen molar-refractivity contribution in [2.24, 2.45) is 0 Å². The van der Waals surface area contributed by atoms with E-state index < -0.39 is 24.0 Å². The number of nitrogens with zero attached hydrogens (tertiary/aromatic N) is 1. The van der Waals surface area contributed by atoms with Crippen LogP contribution in [0.25, 0.3) is 0 Å². The van der Waals surface area contributed by atoms with Crippen LogP contribution in [0, 0.1) is 0 Å². The van der Waals surface area contributed by atoms with Crippen LogP contribution in [0.2, 0.25) is 0 Å². The molecule has 0 aromatic heterocycles. The van der Waals surface area contributed by atoms with Gasteiger partial charge in [0.05, 0.1) is 13.7 Å². The van der Waals surface area contributed by atoms with Gasteiger partial charge in [0.1, 0.15) is 5.75 Å². The molecule has 1 aromatic rings. The third-order valence-corrected chi connectivity index (χ3v) is 3.71. The molecule has 1 aromatic carbocycles. The Balaban J connectivity index is 1.74. The highest BCUT2D eigenvalue weighted by Crippen LogP contribution is 2.17. The average Bonchev–Trinajstić information content (AvgIpc) is 2.93. The van der Waals surface area contributed by atoms with Crippen LogP contribution in [0.5, 0.6) is 5.75 Å². The topological polar surface area (TPSA) is 114 Å². The molecule has 1 saturated heterocycles. The molecule has 26 heavy (non-hydrogen) atoms. The Kier molecular flexibility index (Phi) is 6.54. The summed E-state index contributed by atoms with van der Waals surface area (Å²) in [6.07, 6.45) is -0.721. The maximum atomic E-state index is 12.1. The first-order valence-electron chi connectivity index (χ1n) is 8.13. The van der Waals surface area contributed by atoms with Crippen LogP contribution in [0.1, 0.15) is 19.8 Å².